The van der Waals surface area contributed by atoms with Gasteiger partial charge in [-0.3, -0.25) is 9.59 Å². The molecule has 0 saturated carbocycles. The van der Waals surface area contributed by atoms with Gasteiger partial charge in [0.15, 0.2) is 0 Å². The molecule has 4 heteroatoms. The maximum Gasteiger partial charge on any atom is 0.254 e. The number of hydrogen-bond acceptors (Lipinski definition) is 2. The van der Waals surface area contributed by atoms with Gasteiger partial charge in [-0.1, -0.05) is 17.7 Å². The van der Waals surface area contributed by atoms with Gasteiger partial charge in [0.25, 0.3) is 5.91 Å². The molecular formula is C14H16N2O2. The van der Waals surface area contributed by atoms with Gasteiger partial charge in [0.2, 0.25) is 5.91 Å². The van der Waals surface area contributed by atoms with Crippen molar-refractivity contribution in [1.82, 2.24) is 10.2 Å². The lowest BCUT2D eigenvalue weighted by Crippen LogP contribution is -2.38. The normalized spacial score (nSPS) is 26.1. The lowest BCUT2D eigenvalue weighted by molar-refractivity contribution is -0.119. The molecule has 2 saturated heterocycles. The summed E-state index contributed by atoms with van der Waals surface area (Å²) in [6.07, 6.45) is 1.32. The van der Waals surface area contributed by atoms with Crippen LogP contribution in [0, 0.1) is 6.92 Å². The number of aryl methyl sites for hydroxylation is 1. The molecule has 0 bridgehead atoms. The third-order valence-corrected chi connectivity index (χ3v) is 3.85. The molecule has 1 aromatic rings. The van der Waals surface area contributed by atoms with Crippen LogP contribution in [-0.4, -0.2) is 35.3 Å². The molecule has 0 radical (unpaired) electrons. The van der Waals surface area contributed by atoms with E-state index in [1.54, 1.807) is 0 Å². The Bertz CT molecular complexity index is 495. The first-order valence-corrected chi connectivity index (χ1v) is 6.32. The minimum Gasteiger partial charge on any atom is -0.351 e. The summed E-state index contributed by atoms with van der Waals surface area (Å²) in [5.74, 6) is 0.102. The van der Waals surface area contributed by atoms with Gasteiger partial charge in [0, 0.05) is 18.5 Å². The quantitative estimate of drug-likeness (QED) is 0.804. The predicted octanol–water partition coefficient (Wildman–Crippen LogP) is 1.10. The predicted molar refractivity (Wildman–Crippen MR) is 67.2 cm³/mol. The van der Waals surface area contributed by atoms with Gasteiger partial charge < -0.3 is 10.2 Å². The number of rotatable bonds is 1. The van der Waals surface area contributed by atoms with E-state index >= 15 is 0 Å². The van der Waals surface area contributed by atoms with Crippen LogP contribution in [0.4, 0.5) is 0 Å². The fourth-order valence-corrected chi connectivity index (χ4v) is 2.84. The Morgan fingerprint density at radius 3 is 2.78 bits per heavy atom. The average Bonchev–Trinajstić information content (AvgIpc) is 2.88. The van der Waals surface area contributed by atoms with Crippen molar-refractivity contribution < 1.29 is 9.59 Å². The molecule has 1 aromatic carbocycles. The third kappa shape index (κ3) is 1.78. The minimum atomic E-state index is 0.0407. The summed E-state index contributed by atoms with van der Waals surface area (Å²) < 4.78 is 0. The second-order valence-corrected chi connectivity index (χ2v) is 5.10. The molecular weight excluding hydrogens is 228 g/mol. The Kier molecular flexibility index (Phi) is 2.58. The number of hydrogen-bond donors (Lipinski definition) is 1. The second-order valence-electron chi connectivity index (χ2n) is 5.10. The van der Waals surface area contributed by atoms with E-state index in [1.807, 2.05) is 36.1 Å². The Hall–Kier alpha value is -1.84. The number of fused-ring (bicyclic) bond motifs is 1. The van der Waals surface area contributed by atoms with Crippen LogP contribution in [0.3, 0.4) is 0 Å². The van der Waals surface area contributed by atoms with Gasteiger partial charge in [0.1, 0.15) is 0 Å². The number of carbonyl (C=O) groups is 2. The smallest absolute Gasteiger partial charge is 0.254 e. The van der Waals surface area contributed by atoms with Gasteiger partial charge in [0.05, 0.1) is 12.1 Å². The second kappa shape index (κ2) is 4.12. The highest BCUT2D eigenvalue weighted by Gasteiger charge is 2.43. The molecule has 94 valence electrons. The molecule has 1 N–H and O–H groups in total. The van der Waals surface area contributed by atoms with E-state index in [-0.39, 0.29) is 23.9 Å². The molecule has 0 aromatic heterocycles. The van der Waals surface area contributed by atoms with Crippen LogP contribution in [0.1, 0.15) is 28.8 Å². The summed E-state index contributed by atoms with van der Waals surface area (Å²) in [7, 11) is 0. The maximum atomic E-state index is 12.4. The third-order valence-electron chi connectivity index (χ3n) is 3.85. The first-order valence-electron chi connectivity index (χ1n) is 6.32. The molecule has 0 unspecified atom stereocenters. The number of amides is 2. The van der Waals surface area contributed by atoms with Crippen molar-refractivity contribution >= 4 is 11.8 Å². The van der Waals surface area contributed by atoms with Crippen LogP contribution < -0.4 is 5.32 Å². The summed E-state index contributed by atoms with van der Waals surface area (Å²) in [5.41, 5.74) is 1.85. The molecule has 2 aliphatic heterocycles. The Morgan fingerprint density at radius 2 is 2.06 bits per heavy atom. The van der Waals surface area contributed by atoms with E-state index in [2.05, 4.69) is 5.32 Å². The first kappa shape index (κ1) is 11.3. The first-order chi connectivity index (χ1) is 8.65. The van der Waals surface area contributed by atoms with E-state index in [0.29, 0.717) is 12.0 Å². The number of nitrogens with zero attached hydrogens (tertiary/aromatic N) is 1. The molecule has 4 nitrogen and oxygen atoms in total. The van der Waals surface area contributed by atoms with E-state index in [0.717, 1.165) is 18.5 Å². The Balaban J connectivity index is 1.81. The zero-order chi connectivity index (χ0) is 12.7. The molecule has 0 spiro atoms. The zero-order valence-corrected chi connectivity index (χ0v) is 10.3. The maximum absolute atomic E-state index is 12.4. The molecule has 3 rings (SSSR count). The summed E-state index contributed by atoms with van der Waals surface area (Å²) in [5, 5.41) is 2.93. The average molecular weight is 244 g/mol. The van der Waals surface area contributed by atoms with Gasteiger partial charge >= 0.3 is 0 Å². The van der Waals surface area contributed by atoms with Crippen molar-refractivity contribution in [3.63, 3.8) is 0 Å². The van der Waals surface area contributed by atoms with Crippen molar-refractivity contribution in [2.75, 3.05) is 6.54 Å². The molecule has 2 aliphatic rings. The van der Waals surface area contributed by atoms with Gasteiger partial charge in [-0.05, 0) is 25.5 Å². The SMILES string of the molecule is Cc1ccc(C(=O)N2CC[C@H]3NC(=O)C[C@@H]32)cc1. The zero-order valence-electron chi connectivity index (χ0n) is 10.3. The van der Waals surface area contributed by atoms with Gasteiger partial charge in [-0.25, -0.2) is 0 Å². The van der Waals surface area contributed by atoms with Crippen LogP contribution in [0.25, 0.3) is 0 Å². The molecule has 2 amide bonds. The standard InChI is InChI=1S/C14H16N2O2/c1-9-2-4-10(5-3-9)14(18)16-7-6-11-12(16)8-13(17)15-11/h2-5,11-12H,6-8H2,1H3,(H,15,17)/t11-,12+/m1/s1. The lowest BCUT2D eigenvalue weighted by atomic mass is 10.1. The Labute approximate surface area is 106 Å². The fraction of sp³-hybridized carbons (Fsp3) is 0.429. The van der Waals surface area contributed by atoms with E-state index < -0.39 is 0 Å². The van der Waals surface area contributed by atoms with Crippen molar-refractivity contribution in [3.8, 4) is 0 Å². The molecule has 2 heterocycles. The van der Waals surface area contributed by atoms with Crippen molar-refractivity contribution in [3.05, 3.63) is 35.4 Å². The van der Waals surface area contributed by atoms with E-state index in [4.69, 9.17) is 0 Å². The highest BCUT2D eigenvalue weighted by atomic mass is 16.2. The number of carbonyl (C=O) groups excluding carboxylic acids is 2. The number of benzene rings is 1. The van der Waals surface area contributed by atoms with Crippen LogP contribution in [0.5, 0.6) is 0 Å². The van der Waals surface area contributed by atoms with Crippen LogP contribution in [0.15, 0.2) is 24.3 Å². The van der Waals surface area contributed by atoms with Crippen LogP contribution >= 0.6 is 0 Å². The Morgan fingerprint density at radius 1 is 1.33 bits per heavy atom. The summed E-state index contributed by atoms with van der Waals surface area (Å²) in [4.78, 5) is 25.6. The van der Waals surface area contributed by atoms with Gasteiger partial charge in [-0.2, -0.15) is 0 Å². The fourth-order valence-electron chi connectivity index (χ4n) is 2.84. The number of likely N-dealkylation sites (tertiary alicyclic amines) is 1. The van der Waals surface area contributed by atoms with Crippen molar-refractivity contribution in [2.24, 2.45) is 0 Å². The summed E-state index contributed by atoms with van der Waals surface area (Å²) >= 11 is 0. The van der Waals surface area contributed by atoms with Gasteiger partial charge in [-0.15, -0.1) is 0 Å². The summed E-state index contributed by atoms with van der Waals surface area (Å²) in [6.45, 7) is 2.74. The molecule has 0 aliphatic carbocycles. The highest BCUT2D eigenvalue weighted by Crippen LogP contribution is 2.27. The monoisotopic (exact) mass is 244 g/mol. The van der Waals surface area contributed by atoms with Crippen LogP contribution in [-0.2, 0) is 4.79 Å². The highest BCUT2D eigenvalue weighted by molar-refractivity contribution is 5.95. The number of nitrogens with one attached hydrogen (secondary N) is 1. The topological polar surface area (TPSA) is 49.4 Å². The largest absolute Gasteiger partial charge is 0.351 e. The lowest BCUT2D eigenvalue weighted by Gasteiger charge is -2.22. The molecule has 2 atom stereocenters. The molecule has 2 fully saturated rings. The minimum absolute atomic E-state index is 0.0407. The van der Waals surface area contributed by atoms with E-state index in [9.17, 15) is 9.59 Å². The molecule has 18 heavy (non-hydrogen) atoms. The van der Waals surface area contributed by atoms with Crippen molar-refractivity contribution in [1.29, 1.82) is 0 Å². The van der Waals surface area contributed by atoms with Crippen LogP contribution in [0.2, 0.25) is 0 Å². The summed E-state index contributed by atoms with van der Waals surface area (Å²) in [6, 6.07) is 7.81. The van der Waals surface area contributed by atoms with E-state index in [1.165, 1.54) is 0 Å². The van der Waals surface area contributed by atoms with Crippen molar-refractivity contribution in [2.45, 2.75) is 31.8 Å².